The third-order valence-electron chi connectivity index (χ3n) is 3.66. The van der Waals surface area contributed by atoms with Crippen LogP contribution in [0.5, 0.6) is 0 Å². The molecule has 4 heteroatoms. The quantitative estimate of drug-likeness (QED) is 0.868. The van der Waals surface area contributed by atoms with E-state index in [9.17, 15) is 0 Å². The third-order valence-corrected chi connectivity index (χ3v) is 5.04. The Bertz CT molecular complexity index is 391. The normalized spacial score (nSPS) is 20.9. The van der Waals surface area contributed by atoms with E-state index < -0.39 is 0 Å². The first-order chi connectivity index (χ1) is 9.22. The molecule has 0 radical (unpaired) electrons. The molecule has 1 aromatic rings. The van der Waals surface area contributed by atoms with E-state index in [4.69, 9.17) is 4.42 Å². The lowest BCUT2D eigenvalue weighted by molar-refractivity contribution is 0.247. The van der Waals surface area contributed by atoms with Crippen molar-refractivity contribution in [2.24, 2.45) is 0 Å². The Morgan fingerprint density at radius 3 is 3.05 bits per heavy atom. The largest absolute Gasteiger partial charge is 0.463 e. The third kappa shape index (κ3) is 4.26. The molecule has 2 rings (SSSR count). The van der Waals surface area contributed by atoms with Crippen LogP contribution in [0, 0.1) is 6.92 Å². The zero-order valence-corrected chi connectivity index (χ0v) is 13.2. The van der Waals surface area contributed by atoms with Gasteiger partial charge in [-0.05, 0) is 31.5 Å². The Hall–Kier alpha value is -0.450. The van der Waals surface area contributed by atoms with Crippen LogP contribution in [0.4, 0.5) is 0 Å². The molecule has 1 fully saturated rings. The van der Waals surface area contributed by atoms with Crippen LogP contribution in [0.25, 0.3) is 0 Å². The van der Waals surface area contributed by atoms with Crippen molar-refractivity contribution in [2.45, 2.75) is 45.5 Å². The lowest BCUT2D eigenvalue weighted by atomic mass is 10.2. The van der Waals surface area contributed by atoms with Gasteiger partial charge in [0.05, 0.1) is 13.1 Å². The lowest BCUT2D eigenvalue weighted by Crippen LogP contribution is -2.36. The van der Waals surface area contributed by atoms with Crippen LogP contribution in [0.2, 0.25) is 0 Å². The van der Waals surface area contributed by atoms with Crippen LogP contribution in [0.1, 0.15) is 37.4 Å². The smallest absolute Gasteiger partial charge is 0.120 e. The predicted molar refractivity (Wildman–Crippen MR) is 82.6 cm³/mol. The number of nitrogens with one attached hydrogen (secondary N) is 1. The number of hydrogen-bond donors (Lipinski definition) is 1. The van der Waals surface area contributed by atoms with Crippen molar-refractivity contribution in [1.82, 2.24) is 10.2 Å². The summed E-state index contributed by atoms with van der Waals surface area (Å²) in [6.07, 6.45) is 1.27. The van der Waals surface area contributed by atoms with Crippen molar-refractivity contribution < 1.29 is 4.42 Å². The van der Waals surface area contributed by atoms with Gasteiger partial charge >= 0.3 is 0 Å². The van der Waals surface area contributed by atoms with E-state index in [0.717, 1.165) is 36.4 Å². The summed E-state index contributed by atoms with van der Waals surface area (Å²) < 4.78 is 5.98. The Morgan fingerprint density at radius 2 is 2.32 bits per heavy atom. The molecule has 0 bridgehead atoms. The second kappa shape index (κ2) is 7.36. The molecule has 0 aliphatic carbocycles. The summed E-state index contributed by atoms with van der Waals surface area (Å²) in [6.45, 7) is 11.7. The van der Waals surface area contributed by atoms with Crippen LogP contribution in [0.3, 0.4) is 0 Å². The minimum Gasteiger partial charge on any atom is -0.463 e. The van der Waals surface area contributed by atoms with Crippen molar-refractivity contribution in [3.63, 3.8) is 0 Å². The highest BCUT2D eigenvalue weighted by atomic mass is 32.2. The first-order valence-electron chi connectivity index (χ1n) is 7.35. The number of nitrogens with zero attached hydrogens (tertiary/aromatic N) is 1. The molecule has 1 N–H and O–H groups in total. The summed E-state index contributed by atoms with van der Waals surface area (Å²) in [6, 6.07) is 2.20. The van der Waals surface area contributed by atoms with E-state index in [1.54, 1.807) is 0 Å². The standard InChI is InChI=1S/C15H26N2OS/c1-4-14-11-17(6-7-19-14)10-13-8-12(3)15(18-13)9-16-5-2/h8,14,16H,4-7,9-11H2,1-3H3. The molecule has 108 valence electrons. The lowest BCUT2D eigenvalue weighted by Gasteiger charge is -2.31. The first-order valence-corrected chi connectivity index (χ1v) is 8.40. The summed E-state index contributed by atoms with van der Waals surface area (Å²) in [5.74, 6) is 3.46. The average Bonchev–Trinajstić information content (AvgIpc) is 2.76. The molecule has 0 saturated carbocycles. The van der Waals surface area contributed by atoms with Gasteiger partial charge in [-0.1, -0.05) is 13.8 Å². The second-order valence-corrected chi connectivity index (χ2v) is 6.64. The Labute approximate surface area is 121 Å². The summed E-state index contributed by atoms with van der Waals surface area (Å²) in [7, 11) is 0. The van der Waals surface area contributed by atoms with Crippen molar-refractivity contribution in [1.29, 1.82) is 0 Å². The maximum absolute atomic E-state index is 5.98. The van der Waals surface area contributed by atoms with Crippen LogP contribution < -0.4 is 5.32 Å². The van der Waals surface area contributed by atoms with E-state index in [0.29, 0.717) is 0 Å². The fourth-order valence-electron chi connectivity index (χ4n) is 2.47. The van der Waals surface area contributed by atoms with Gasteiger partial charge in [0.25, 0.3) is 0 Å². The number of hydrogen-bond acceptors (Lipinski definition) is 4. The summed E-state index contributed by atoms with van der Waals surface area (Å²) in [4.78, 5) is 2.53. The maximum atomic E-state index is 5.98. The summed E-state index contributed by atoms with van der Waals surface area (Å²) in [5, 5.41) is 4.13. The van der Waals surface area contributed by atoms with Crippen molar-refractivity contribution in [3.05, 3.63) is 23.2 Å². The molecule has 1 atom stereocenters. The number of aryl methyl sites for hydroxylation is 1. The predicted octanol–water partition coefficient (Wildman–Crippen LogP) is 3.02. The van der Waals surface area contributed by atoms with E-state index in [-0.39, 0.29) is 0 Å². The van der Waals surface area contributed by atoms with E-state index >= 15 is 0 Å². The highest BCUT2D eigenvalue weighted by Crippen LogP contribution is 2.23. The van der Waals surface area contributed by atoms with Crippen molar-refractivity contribution in [3.8, 4) is 0 Å². The highest BCUT2D eigenvalue weighted by molar-refractivity contribution is 8.00. The monoisotopic (exact) mass is 282 g/mol. The molecular weight excluding hydrogens is 256 g/mol. The SMILES string of the molecule is CCNCc1oc(CN2CCSC(CC)C2)cc1C. The fraction of sp³-hybridized carbons (Fsp3) is 0.733. The van der Waals surface area contributed by atoms with Gasteiger partial charge in [-0.15, -0.1) is 0 Å². The topological polar surface area (TPSA) is 28.4 Å². The molecule has 3 nitrogen and oxygen atoms in total. The molecule has 1 aliphatic heterocycles. The Balaban J connectivity index is 1.91. The van der Waals surface area contributed by atoms with Gasteiger partial charge in [0.2, 0.25) is 0 Å². The minimum atomic E-state index is 0.797. The van der Waals surface area contributed by atoms with Crippen LogP contribution in [0.15, 0.2) is 10.5 Å². The maximum Gasteiger partial charge on any atom is 0.120 e. The molecule has 0 spiro atoms. The van der Waals surface area contributed by atoms with E-state index in [1.165, 1.54) is 30.8 Å². The van der Waals surface area contributed by atoms with Gasteiger partial charge in [-0.3, -0.25) is 4.90 Å². The van der Waals surface area contributed by atoms with E-state index in [2.05, 4.69) is 48.8 Å². The zero-order valence-electron chi connectivity index (χ0n) is 12.4. The highest BCUT2D eigenvalue weighted by Gasteiger charge is 2.20. The molecule has 1 aromatic heterocycles. The molecule has 19 heavy (non-hydrogen) atoms. The van der Waals surface area contributed by atoms with Crippen LogP contribution in [-0.2, 0) is 13.1 Å². The number of furan rings is 1. The summed E-state index contributed by atoms with van der Waals surface area (Å²) in [5.41, 5.74) is 1.27. The number of rotatable bonds is 6. The van der Waals surface area contributed by atoms with Gasteiger partial charge in [0, 0.05) is 24.1 Å². The van der Waals surface area contributed by atoms with Gasteiger partial charge in [-0.25, -0.2) is 0 Å². The molecular formula is C15H26N2OS. The summed E-state index contributed by atoms with van der Waals surface area (Å²) >= 11 is 2.11. The van der Waals surface area contributed by atoms with Gasteiger partial charge in [0.1, 0.15) is 11.5 Å². The Kier molecular flexibility index (Phi) is 5.79. The van der Waals surface area contributed by atoms with Crippen molar-refractivity contribution >= 4 is 11.8 Å². The second-order valence-electron chi connectivity index (χ2n) is 5.24. The van der Waals surface area contributed by atoms with Gasteiger partial charge < -0.3 is 9.73 Å². The number of thioether (sulfide) groups is 1. The van der Waals surface area contributed by atoms with Crippen LogP contribution in [-0.4, -0.2) is 35.5 Å². The first kappa shape index (κ1) is 14.9. The van der Waals surface area contributed by atoms with E-state index in [1.807, 2.05) is 0 Å². The molecule has 0 amide bonds. The van der Waals surface area contributed by atoms with Gasteiger partial charge in [0.15, 0.2) is 0 Å². The minimum absolute atomic E-state index is 0.797. The Morgan fingerprint density at radius 1 is 1.47 bits per heavy atom. The van der Waals surface area contributed by atoms with Crippen molar-refractivity contribution in [2.75, 3.05) is 25.4 Å². The van der Waals surface area contributed by atoms with Gasteiger partial charge in [-0.2, -0.15) is 11.8 Å². The zero-order chi connectivity index (χ0) is 13.7. The molecule has 2 heterocycles. The van der Waals surface area contributed by atoms with Crippen LogP contribution >= 0.6 is 11.8 Å². The average molecular weight is 282 g/mol. The molecule has 1 unspecified atom stereocenters. The molecule has 1 aliphatic rings. The fourth-order valence-corrected chi connectivity index (χ4v) is 3.72. The molecule has 1 saturated heterocycles. The molecule has 0 aromatic carbocycles.